The smallest absolute Gasteiger partial charge is 0.160 e. The third-order valence-corrected chi connectivity index (χ3v) is 8.73. The van der Waals surface area contributed by atoms with Crippen molar-refractivity contribution in [3.63, 3.8) is 0 Å². The number of nitrogens with zero attached hydrogens (tertiary/aromatic N) is 4. The Hall–Kier alpha value is -6.52. The van der Waals surface area contributed by atoms with Crippen molar-refractivity contribution >= 4 is 0 Å². The molecule has 0 fully saturated rings. The summed E-state index contributed by atoms with van der Waals surface area (Å²) in [6.45, 7) is 2.01. The molecule has 0 unspecified atom stereocenters. The number of hydrogen-bond acceptors (Lipinski definition) is 4. The van der Waals surface area contributed by atoms with Crippen molar-refractivity contribution in [1.29, 1.82) is 0 Å². The molecule has 0 atom stereocenters. The maximum atomic E-state index is 5.16. The first-order chi connectivity index (χ1) is 24.2. The Kier molecular flexibility index (Phi) is 8.11. The van der Waals surface area contributed by atoms with E-state index in [2.05, 4.69) is 119 Å². The molecule has 0 aliphatic rings. The zero-order chi connectivity index (χ0) is 33.0. The topological polar surface area (TPSA) is 51.6 Å². The van der Waals surface area contributed by atoms with Gasteiger partial charge in [-0.3, -0.25) is 9.97 Å². The number of pyridine rings is 2. The molecule has 0 saturated heterocycles. The van der Waals surface area contributed by atoms with E-state index in [1.165, 1.54) is 0 Å². The first-order valence-electron chi connectivity index (χ1n) is 16.4. The minimum absolute atomic E-state index is 0.678. The molecule has 8 rings (SSSR count). The monoisotopic (exact) mass is 628 g/mol. The van der Waals surface area contributed by atoms with Gasteiger partial charge in [-0.25, -0.2) is 9.97 Å². The molecule has 0 saturated carbocycles. The summed E-state index contributed by atoms with van der Waals surface area (Å²) in [6, 6.07) is 54.9. The van der Waals surface area contributed by atoms with Gasteiger partial charge in [-0.15, -0.1) is 0 Å². The largest absolute Gasteiger partial charge is 0.264 e. The molecule has 0 bridgehead atoms. The van der Waals surface area contributed by atoms with Crippen molar-refractivity contribution in [1.82, 2.24) is 19.9 Å². The van der Waals surface area contributed by atoms with Crippen LogP contribution < -0.4 is 0 Å². The number of aromatic nitrogens is 4. The fourth-order valence-corrected chi connectivity index (χ4v) is 6.06. The zero-order valence-corrected chi connectivity index (χ0v) is 27.0. The quantitative estimate of drug-likeness (QED) is 0.176. The third kappa shape index (κ3) is 6.53. The normalized spacial score (nSPS) is 11.0. The highest BCUT2D eigenvalue weighted by Crippen LogP contribution is 2.35. The minimum atomic E-state index is 0.678. The fourth-order valence-electron chi connectivity index (χ4n) is 6.06. The molecular formula is C45H32N4. The Labute approximate surface area is 286 Å². The van der Waals surface area contributed by atoms with Gasteiger partial charge in [-0.05, 0) is 82.3 Å². The lowest BCUT2D eigenvalue weighted by molar-refractivity contribution is 1.18. The summed E-state index contributed by atoms with van der Waals surface area (Å²) in [5.41, 5.74) is 14.7. The van der Waals surface area contributed by atoms with Gasteiger partial charge in [0.15, 0.2) is 5.82 Å². The van der Waals surface area contributed by atoms with Crippen molar-refractivity contribution < 1.29 is 0 Å². The van der Waals surface area contributed by atoms with Crippen LogP contribution in [-0.2, 0) is 0 Å². The van der Waals surface area contributed by atoms with Gasteiger partial charge in [-0.1, -0.05) is 121 Å². The molecule has 49 heavy (non-hydrogen) atoms. The summed E-state index contributed by atoms with van der Waals surface area (Å²) in [5.74, 6) is 0.678. The van der Waals surface area contributed by atoms with Crippen LogP contribution in [0.2, 0.25) is 0 Å². The molecule has 3 aromatic heterocycles. The van der Waals surface area contributed by atoms with E-state index >= 15 is 0 Å². The Morgan fingerprint density at radius 1 is 0.347 bits per heavy atom. The fraction of sp³-hybridized carbons (Fsp3) is 0.0222. The van der Waals surface area contributed by atoms with Gasteiger partial charge < -0.3 is 0 Å². The number of aryl methyl sites for hydroxylation is 1. The van der Waals surface area contributed by atoms with E-state index in [0.717, 1.165) is 78.3 Å². The van der Waals surface area contributed by atoms with Crippen molar-refractivity contribution in [2.75, 3.05) is 0 Å². The first-order valence-corrected chi connectivity index (χ1v) is 16.4. The van der Waals surface area contributed by atoms with Crippen LogP contribution in [0.4, 0.5) is 0 Å². The zero-order valence-electron chi connectivity index (χ0n) is 27.0. The van der Waals surface area contributed by atoms with E-state index in [0.29, 0.717) is 5.82 Å². The van der Waals surface area contributed by atoms with Crippen LogP contribution in [-0.4, -0.2) is 19.9 Å². The summed E-state index contributed by atoms with van der Waals surface area (Å²) in [4.78, 5) is 19.1. The van der Waals surface area contributed by atoms with E-state index in [-0.39, 0.29) is 0 Å². The van der Waals surface area contributed by atoms with Crippen LogP contribution in [0.1, 0.15) is 5.69 Å². The van der Waals surface area contributed by atoms with Gasteiger partial charge in [0, 0.05) is 46.5 Å². The Balaban J connectivity index is 1.27. The van der Waals surface area contributed by atoms with E-state index in [1.54, 1.807) is 6.20 Å². The van der Waals surface area contributed by atoms with Crippen LogP contribution in [0.15, 0.2) is 176 Å². The van der Waals surface area contributed by atoms with Crippen LogP contribution in [0, 0.1) is 6.92 Å². The molecule has 4 heteroatoms. The van der Waals surface area contributed by atoms with E-state index in [9.17, 15) is 0 Å². The predicted molar refractivity (Wildman–Crippen MR) is 200 cm³/mol. The van der Waals surface area contributed by atoms with Gasteiger partial charge in [-0.2, -0.15) is 0 Å². The average Bonchev–Trinajstić information content (AvgIpc) is 3.19. The lowest BCUT2D eigenvalue weighted by atomic mass is 9.94. The highest BCUT2D eigenvalue weighted by Gasteiger charge is 2.14. The lowest BCUT2D eigenvalue weighted by Gasteiger charge is -2.14. The number of hydrogen-bond donors (Lipinski definition) is 0. The molecule has 3 heterocycles. The molecule has 0 spiro atoms. The molecule has 0 amide bonds. The summed E-state index contributed by atoms with van der Waals surface area (Å²) in [5, 5.41) is 0. The Morgan fingerprint density at radius 2 is 0.796 bits per heavy atom. The number of benzene rings is 5. The molecule has 0 aliphatic carbocycles. The molecule has 0 radical (unpaired) electrons. The van der Waals surface area contributed by atoms with Crippen molar-refractivity contribution in [2.24, 2.45) is 0 Å². The standard InChI is InChI=1S/C45H32N4/c1-31-14-15-39(30-47-31)33-18-22-35(23-19-33)41-25-40(34-20-16-32(17-21-34)38-13-8-24-46-29-38)26-42(27-41)45-48-43(36-9-4-2-5-10-36)28-44(49-45)37-11-6-3-7-12-37/h2-30H,1H3. The molecule has 232 valence electrons. The van der Waals surface area contributed by atoms with E-state index in [1.807, 2.05) is 67.8 Å². The molecule has 4 nitrogen and oxygen atoms in total. The predicted octanol–water partition coefficient (Wildman–Crippen LogP) is 11.2. The highest BCUT2D eigenvalue weighted by molar-refractivity contribution is 5.82. The van der Waals surface area contributed by atoms with Gasteiger partial charge in [0.05, 0.1) is 11.4 Å². The second-order valence-electron chi connectivity index (χ2n) is 12.1. The van der Waals surface area contributed by atoms with Crippen LogP contribution in [0.5, 0.6) is 0 Å². The second-order valence-corrected chi connectivity index (χ2v) is 12.1. The molecular weight excluding hydrogens is 597 g/mol. The highest BCUT2D eigenvalue weighted by atomic mass is 14.9. The lowest BCUT2D eigenvalue weighted by Crippen LogP contribution is -1.97. The van der Waals surface area contributed by atoms with Crippen molar-refractivity contribution in [2.45, 2.75) is 6.92 Å². The molecule has 5 aromatic carbocycles. The minimum Gasteiger partial charge on any atom is -0.264 e. The summed E-state index contributed by atoms with van der Waals surface area (Å²) in [6.07, 6.45) is 5.62. The van der Waals surface area contributed by atoms with Gasteiger partial charge in [0.2, 0.25) is 0 Å². The van der Waals surface area contributed by atoms with Crippen molar-refractivity contribution in [3.8, 4) is 78.4 Å². The Bertz CT molecular complexity index is 2280. The third-order valence-electron chi connectivity index (χ3n) is 8.73. The van der Waals surface area contributed by atoms with E-state index < -0.39 is 0 Å². The van der Waals surface area contributed by atoms with Gasteiger partial charge >= 0.3 is 0 Å². The SMILES string of the molecule is Cc1ccc(-c2ccc(-c3cc(-c4ccc(-c5cccnc5)cc4)cc(-c4nc(-c5ccccc5)cc(-c5ccccc5)n4)c3)cc2)cn1. The van der Waals surface area contributed by atoms with E-state index in [4.69, 9.17) is 9.97 Å². The average molecular weight is 629 g/mol. The number of rotatable bonds is 7. The summed E-state index contributed by atoms with van der Waals surface area (Å²) >= 11 is 0. The summed E-state index contributed by atoms with van der Waals surface area (Å²) < 4.78 is 0. The molecule has 0 N–H and O–H groups in total. The molecule has 0 aliphatic heterocycles. The van der Waals surface area contributed by atoms with Crippen LogP contribution in [0.25, 0.3) is 78.4 Å². The van der Waals surface area contributed by atoms with Gasteiger partial charge in [0.25, 0.3) is 0 Å². The second kappa shape index (κ2) is 13.3. The molecule has 8 aromatic rings. The maximum Gasteiger partial charge on any atom is 0.160 e. The summed E-state index contributed by atoms with van der Waals surface area (Å²) in [7, 11) is 0. The first kappa shape index (κ1) is 29.9. The van der Waals surface area contributed by atoms with Crippen LogP contribution in [0.3, 0.4) is 0 Å². The van der Waals surface area contributed by atoms with Gasteiger partial charge in [0.1, 0.15) is 0 Å². The van der Waals surface area contributed by atoms with Crippen molar-refractivity contribution in [3.05, 3.63) is 182 Å². The Morgan fingerprint density at radius 3 is 1.27 bits per heavy atom. The maximum absolute atomic E-state index is 5.16. The van der Waals surface area contributed by atoms with Crippen LogP contribution >= 0.6 is 0 Å².